The maximum atomic E-state index is 5.58. The van der Waals surface area contributed by atoms with E-state index >= 15 is 0 Å². The van der Waals surface area contributed by atoms with Gasteiger partial charge in [0.05, 0.1) is 25.3 Å². The van der Waals surface area contributed by atoms with Gasteiger partial charge in [0.25, 0.3) is 0 Å². The first-order valence-corrected chi connectivity index (χ1v) is 12.0. The number of guanidine groups is 1. The largest absolute Gasteiger partial charge is 0.379 e. The van der Waals surface area contributed by atoms with Crippen LogP contribution in [0, 0.1) is 0 Å². The van der Waals surface area contributed by atoms with Crippen LogP contribution in [0.1, 0.15) is 26.7 Å². The van der Waals surface area contributed by atoms with Gasteiger partial charge in [-0.15, -0.1) is 0 Å². The second kappa shape index (κ2) is 9.72. The second-order valence-electron chi connectivity index (χ2n) is 7.14. The minimum Gasteiger partial charge on any atom is -0.379 e. The van der Waals surface area contributed by atoms with Gasteiger partial charge in [-0.05, 0) is 25.5 Å². The number of aliphatic imine (C=N–C) groups is 1. The molecule has 0 spiro atoms. The summed E-state index contributed by atoms with van der Waals surface area (Å²) in [7, 11) is 0. The fourth-order valence-corrected chi connectivity index (χ4v) is 6.56. The van der Waals surface area contributed by atoms with Crippen LogP contribution in [-0.4, -0.2) is 96.3 Å². The Morgan fingerprint density at radius 1 is 1.24 bits per heavy atom. The van der Waals surface area contributed by atoms with Gasteiger partial charge >= 0.3 is 0 Å². The zero-order valence-electron chi connectivity index (χ0n) is 15.8. The average molecular weight is 387 g/mol. The van der Waals surface area contributed by atoms with E-state index in [2.05, 4.69) is 52.5 Å². The molecule has 1 N–H and O–H groups in total. The van der Waals surface area contributed by atoms with Crippen molar-refractivity contribution in [2.45, 2.75) is 37.5 Å². The fourth-order valence-electron chi connectivity index (χ4n) is 3.91. The Kier molecular flexibility index (Phi) is 7.64. The molecule has 144 valence electrons. The summed E-state index contributed by atoms with van der Waals surface area (Å²) in [4.78, 5) is 10.3. The third-order valence-electron chi connectivity index (χ3n) is 5.52. The summed E-state index contributed by atoms with van der Waals surface area (Å²) in [5.41, 5.74) is 0.240. The van der Waals surface area contributed by atoms with Crippen LogP contribution < -0.4 is 5.32 Å². The molecule has 25 heavy (non-hydrogen) atoms. The Balaban J connectivity index is 1.70. The van der Waals surface area contributed by atoms with Crippen LogP contribution in [0.3, 0.4) is 0 Å². The third-order valence-corrected chi connectivity index (χ3v) is 8.12. The van der Waals surface area contributed by atoms with Crippen molar-refractivity contribution >= 4 is 29.5 Å². The molecule has 3 fully saturated rings. The SMILES string of the molecule is CCNC(=NCC1(N2CCOCC2)CCSC1)N1CCSC(CC)C1. The first-order valence-electron chi connectivity index (χ1n) is 9.83. The van der Waals surface area contributed by atoms with Gasteiger partial charge in [-0.2, -0.15) is 23.5 Å². The highest BCUT2D eigenvalue weighted by atomic mass is 32.2. The summed E-state index contributed by atoms with van der Waals surface area (Å²) in [5.74, 6) is 4.82. The molecule has 5 nitrogen and oxygen atoms in total. The van der Waals surface area contributed by atoms with Crippen LogP contribution >= 0.6 is 23.5 Å². The summed E-state index contributed by atoms with van der Waals surface area (Å²) >= 11 is 4.21. The lowest BCUT2D eigenvalue weighted by atomic mass is 9.96. The smallest absolute Gasteiger partial charge is 0.194 e. The van der Waals surface area contributed by atoms with E-state index in [1.165, 1.54) is 30.1 Å². The van der Waals surface area contributed by atoms with Crippen molar-refractivity contribution in [2.75, 3.05) is 69.7 Å². The number of morpholine rings is 1. The number of nitrogens with zero attached hydrogens (tertiary/aromatic N) is 3. The second-order valence-corrected chi connectivity index (χ2v) is 9.66. The lowest BCUT2D eigenvalue weighted by Crippen LogP contribution is -2.56. The Bertz CT molecular complexity index is 437. The predicted octanol–water partition coefficient (Wildman–Crippen LogP) is 1.99. The molecule has 0 aliphatic carbocycles. The monoisotopic (exact) mass is 386 g/mol. The first-order chi connectivity index (χ1) is 12.3. The molecule has 0 radical (unpaired) electrons. The highest BCUT2D eigenvalue weighted by Crippen LogP contribution is 2.34. The number of hydrogen-bond acceptors (Lipinski definition) is 5. The van der Waals surface area contributed by atoms with Crippen LogP contribution in [-0.2, 0) is 4.74 Å². The molecule has 7 heteroatoms. The van der Waals surface area contributed by atoms with Gasteiger partial charge in [0.2, 0.25) is 0 Å². The fraction of sp³-hybridized carbons (Fsp3) is 0.944. The van der Waals surface area contributed by atoms with E-state index in [0.717, 1.165) is 63.7 Å². The zero-order chi connectivity index (χ0) is 17.5. The van der Waals surface area contributed by atoms with Crippen molar-refractivity contribution in [3.8, 4) is 0 Å². The van der Waals surface area contributed by atoms with Gasteiger partial charge in [0, 0.05) is 49.5 Å². The first kappa shape index (κ1) is 19.6. The standard InChI is InChI=1S/C18H34N4OS2/c1-3-16-13-21(8-12-25-16)17(19-4-2)20-14-18(5-11-24-15-18)22-6-9-23-10-7-22/h16H,3-15H2,1-2H3,(H,19,20). The molecule has 0 aromatic rings. The van der Waals surface area contributed by atoms with Crippen LogP contribution in [0.4, 0.5) is 0 Å². The van der Waals surface area contributed by atoms with Gasteiger partial charge < -0.3 is 15.0 Å². The van der Waals surface area contributed by atoms with Crippen molar-refractivity contribution in [2.24, 2.45) is 4.99 Å². The minimum absolute atomic E-state index is 0.240. The quantitative estimate of drug-likeness (QED) is 0.576. The lowest BCUT2D eigenvalue weighted by Gasteiger charge is -2.42. The van der Waals surface area contributed by atoms with Gasteiger partial charge in [0.1, 0.15) is 0 Å². The van der Waals surface area contributed by atoms with Crippen molar-refractivity contribution in [3.05, 3.63) is 0 Å². The highest BCUT2D eigenvalue weighted by molar-refractivity contribution is 8.00. The molecule has 3 heterocycles. The number of rotatable bonds is 5. The molecule has 0 bridgehead atoms. The highest BCUT2D eigenvalue weighted by Gasteiger charge is 2.40. The van der Waals surface area contributed by atoms with Gasteiger partial charge in [0.15, 0.2) is 5.96 Å². The van der Waals surface area contributed by atoms with E-state index in [4.69, 9.17) is 9.73 Å². The van der Waals surface area contributed by atoms with Crippen LogP contribution in [0.5, 0.6) is 0 Å². The average Bonchev–Trinajstić information content (AvgIpc) is 3.16. The zero-order valence-corrected chi connectivity index (χ0v) is 17.5. The van der Waals surface area contributed by atoms with E-state index in [-0.39, 0.29) is 5.54 Å². The number of ether oxygens (including phenoxy) is 1. The van der Waals surface area contributed by atoms with Crippen LogP contribution in [0.25, 0.3) is 0 Å². The number of hydrogen-bond donors (Lipinski definition) is 1. The maximum Gasteiger partial charge on any atom is 0.194 e. The molecule has 3 rings (SSSR count). The van der Waals surface area contributed by atoms with E-state index in [0.29, 0.717) is 0 Å². The molecule has 2 unspecified atom stereocenters. The molecular weight excluding hydrogens is 352 g/mol. The Labute approximate surface area is 161 Å². The summed E-state index contributed by atoms with van der Waals surface area (Å²) in [6.07, 6.45) is 2.50. The van der Waals surface area contributed by atoms with Crippen molar-refractivity contribution in [1.82, 2.24) is 15.1 Å². The van der Waals surface area contributed by atoms with E-state index in [9.17, 15) is 0 Å². The molecule has 0 amide bonds. The normalized spacial score (nSPS) is 32.2. The maximum absolute atomic E-state index is 5.58. The Morgan fingerprint density at radius 2 is 2.08 bits per heavy atom. The molecule has 3 saturated heterocycles. The van der Waals surface area contributed by atoms with Crippen molar-refractivity contribution in [3.63, 3.8) is 0 Å². The van der Waals surface area contributed by atoms with Gasteiger partial charge in [-0.3, -0.25) is 9.89 Å². The molecule has 3 aliphatic rings. The van der Waals surface area contributed by atoms with Gasteiger partial charge in [-0.25, -0.2) is 0 Å². The summed E-state index contributed by atoms with van der Waals surface area (Å²) < 4.78 is 5.58. The lowest BCUT2D eigenvalue weighted by molar-refractivity contribution is -0.0105. The van der Waals surface area contributed by atoms with Crippen LogP contribution in [0.2, 0.25) is 0 Å². The number of nitrogens with one attached hydrogen (secondary N) is 1. The summed E-state index contributed by atoms with van der Waals surface area (Å²) in [6.45, 7) is 12.5. The molecule has 0 saturated carbocycles. The van der Waals surface area contributed by atoms with E-state index in [1.807, 2.05) is 0 Å². The Hall–Kier alpha value is -0.110. The van der Waals surface area contributed by atoms with Crippen molar-refractivity contribution in [1.29, 1.82) is 0 Å². The molecule has 0 aromatic carbocycles. The minimum atomic E-state index is 0.240. The molecular formula is C18H34N4OS2. The Morgan fingerprint density at radius 3 is 2.76 bits per heavy atom. The van der Waals surface area contributed by atoms with Crippen molar-refractivity contribution < 1.29 is 4.74 Å². The topological polar surface area (TPSA) is 40.1 Å². The summed E-state index contributed by atoms with van der Waals surface area (Å²) in [6, 6.07) is 0. The predicted molar refractivity (Wildman–Crippen MR) is 111 cm³/mol. The van der Waals surface area contributed by atoms with Crippen LogP contribution in [0.15, 0.2) is 4.99 Å². The van der Waals surface area contributed by atoms with E-state index < -0.39 is 0 Å². The molecule has 0 aromatic heterocycles. The third kappa shape index (κ3) is 4.99. The number of thioether (sulfide) groups is 2. The summed E-state index contributed by atoms with van der Waals surface area (Å²) in [5, 5.41) is 4.30. The van der Waals surface area contributed by atoms with E-state index in [1.54, 1.807) is 0 Å². The molecule has 3 aliphatic heterocycles. The molecule has 2 atom stereocenters. The van der Waals surface area contributed by atoms with Gasteiger partial charge in [-0.1, -0.05) is 6.92 Å².